The molecule has 0 aliphatic carbocycles. The van der Waals surface area contributed by atoms with Crippen LogP contribution in [0.25, 0.3) is 0 Å². The average Bonchev–Trinajstić information content (AvgIpc) is 2.95. The molecule has 0 radical (unpaired) electrons. The summed E-state index contributed by atoms with van der Waals surface area (Å²) in [6, 6.07) is -0.379. The van der Waals surface area contributed by atoms with E-state index in [0.717, 1.165) is 16.1 Å². The summed E-state index contributed by atoms with van der Waals surface area (Å²) in [5, 5.41) is 15.6. The standard InChI is InChI=1S/C13H20N6O/c1-12(2,3)9-10(13(4,5)6)19(17-15-9)11(20)18-8-7-14-16-18/h7-8H,1-6H3. The number of carbonyl (C=O) groups excluding carboxylic acids is 1. The van der Waals surface area contributed by atoms with E-state index in [1.165, 1.54) is 17.1 Å². The Bertz CT molecular complexity index is 612. The van der Waals surface area contributed by atoms with E-state index in [-0.39, 0.29) is 16.9 Å². The van der Waals surface area contributed by atoms with E-state index in [2.05, 4.69) is 41.4 Å². The van der Waals surface area contributed by atoms with Crippen molar-refractivity contribution < 1.29 is 4.79 Å². The van der Waals surface area contributed by atoms with Gasteiger partial charge < -0.3 is 0 Å². The third kappa shape index (κ3) is 2.48. The van der Waals surface area contributed by atoms with E-state index in [1.807, 2.05) is 20.8 Å². The number of hydrogen-bond acceptors (Lipinski definition) is 5. The van der Waals surface area contributed by atoms with Gasteiger partial charge in [0.25, 0.3) is 0 Å². The predicted molar refractivity (Wildman–Crippen MR) is 73.6 cm³/mol. The maximum atomic E-state index is 12.4. The molecule has 0 amide bonds. The lowest BCUT2D eigenvalue weighted by molar-refractivity contribution is 0.235. The molecule has 2 aromatic rings. The van der Waals surface area contributed by atoms with Gasteiger partial charge in [-0.15, -0.1) is 10.2 Å². The topological polar surface area (TPSA) is 78.5 Å². The van der Waals surface area contributed by atoms with Crippen LogP contribution in [0.15, 0.2) is 12.4 Å². The fourth-order valence-corrected chi connectivity index (χ4v) is 2.00. The summed E-state index contributed by atoms with van der Waals surface area (Å²) < 4.78 is 2.46. The highest BCUT2D eigenvalue weighted by atomic mass is 16.2. The Balaban J connectivity index is 2.61. The molecule has 7 nitrogen and oxygen atoms in total. The molecule has 0 aromatic carbocycles. The Labute approximate surface area is 118 Å². The van der Waals surface area contributed by atoms with Crippen LogP contribution in [-0.2, 0) is 10.8 Å². The number of rotatable bonds is 0. The van der Waals surface area contributed by atoms with Gasteiger partial charge >= 0.3 is 6.03 Å². The van der Waals surface area contributed by atoms with Gasteiger partial charge in [0, 0.05) is 10.8 Å². The Hall–Kier alpha value is -2.05. The Morgan fingerprint density at radius 2 is 1.70 bits per heavy atom. The zero-order chi connectivity index (χ0) is 15.1. The molecular weight excluding hydrogens is 256 g/mol. The summed E-state index contributed by atoms with van der Waals surface area (Å²) >= 11 is 0. The van der Waals surface area contributed by atoms with Crippen LogP contribution in [0.2, 0.25) is 0 Å². The van der Waals surface area contributed by atoms with Gasteiger partial charge in [-0.2, -0.15) is 9.36 Å². The lowest BCUT2D eigenvalue weighted by Crippen LogP contribution is -2.30. The normalized spacial score (nSPS) is 12.7. The molecule has 0 unspecified atom stereocenters. The monoisotopic (exact) mass is 276 g/mol. The lowest BCUT2D eigenvalue weighted by Gasteiger charge is -2.25. The molecule has 2 aromatic heterocycles. The number of nitrogens with zero attached hydrogens (tertiary/aromatic N) is 6. The van der Waals surface area contributed by atoms with Crippen molar-refractivity contribution in [3.05, 3.63) is 23.8 Å². The minimum Gasteiger partial charge on any atom is -0.243 e. The second-order valence-corrected chi connectivity index (χ2v) is 6.83. The number of carbonyl (C=O) groups is 1. The van der Waals surface area contributed by atoms with Gasteiger partial charge in [0.1, 0.15) is 0 Å². The molecule has 108 valence electrons. The van der Waals surface area contributed by atoms with E-state index in [1.54, 1.807) is 0 Å². The molecule has 20 heavy (non-hydrogen) atoms. The van der Waals surface area contributed by atoms with Crippen LogP contribution in [0.1, 0.15) is 52.9 Å². The van der Waals surface area contributed by atoms with E-state index < -0.39 is 0 Å². The van der Waals surface area contributed by atoms with Crippen molar-refractivity contribution in [3.8, 4) is 0 Å². The zero-order valence-corrected chi connectivity index (χ0v) is 12.7. The van der Waals surface area contributed by atoms with E-state index >= 15 is 0 Å². The molecule has 0 aliphatic heterocycles. The van der Waals surface area contributed by atoms with Crippen LogP contribution < -0.4 is 0 Å². The lowest BCUT2D eigenvalue weighted by atomic mass is 9.82. The quantitative estimate of drug-likeness (QED) is 0.735. The molecule has 2 heterocycles. The van der Waals surface area contributed by atoms with Crippen LogP contribution in [-0.4, -0.2) is 36.0 Å². The molecule has 0 fully saturated rings. The van der Waals surface area contributed by atoms with E-state index in [0.29, 0.717) is 0 Å². The van der Waals surface area contributed by atoms with Crippen LogP contribution in [0.5, 0.6) is 0 Å². The maximum absolute atomic E-state index is 12.4. The first-order valence-electron chi connectivity index (χ1n) is 6.50. The zero-order valence-electron chi connectivity index (χ0n) is 12.7. The predicted octanol–water partition coefficient (Wildman–Crippen LogP) is 1.98. The van der Waals surface area contributed by atoms with Crippen molar-refractivity contribution in [2.45, 2.75) is 52.4 Å². The van der Waals surface area contributed by atoms with Gasteiger partial charge in [0.15, 0.2) is 0 Å². The summed E-state index contributed by atoms with van der Waals surface area (Å²) in [4.78, 5) is 12.4. The molecule has 0 atom stereocenters. The first kappa shape index (κ1) is 14.4. The van der Waals surface area contributed by atoms with Gasteiger partial charge in [-0.05, 0) is 0 Å². The second kappa shape index (κ2) is 4.50. The van der Waals surface area contributed by atoms with Gasteiger partial charge in [-0.1, -0.05) is 52.0 Å². The highest BCUT2D eigenvalue weighted by Gasteiger charge is 2.33. The molecule has 0 bridgehead atoms. The van der Waals surface area contributed by atoms with Gasteiger partial charge in [0.2, 0.25) is 0 Å². The molecule has 0 aliphatic rings. The van der Waals surface area contributed by atoms with E-state index in [9.17, 15) is 4.79 Å². The van der Waals surface area contributed by atoms with Crippen LogP contribution in [0.4, 0.5) is 4.79 Å². The van der Waals surface area contributed by atoms with Crippen molar-refractivity contribution in [2.75, 3.05) is 0 Å². The van der Waals surface area contributed by atoms with Crippen molar-refractivity contribution in [3.63, 3.8) is 0 Å². The molecule has 0 N–H and O–H groups in total. The van der Waals surface area contributed by atoms with Crippen LogP contribution in [0.3, 0.4) is 0 Å². The average molecular weight is 276 g/mol. The second-order valence-electron chi connectivity index (χ2n) is 6.83. The van der Waals surface area contributed by atoms with Crippen molar-refractivity contribution in [1.29, 1.82) is 0 Å². The summed E-state index contributed by atoms with van der Waals surface area (Å²) in [6.45, 7) is 12.3. The molecule has 0 saturated heterocycles. The third-order valence-corrected chi connectivity index (χ3v) is 2.89. The Morgan fingerprint density at radius 1 is 1.05 bits per heavy atom. The smallest absolute Gasteiger partial charge is 0.243 e. The molecule has 0 saturated carbocycles. The third-order valence-electron chi connectivity index (χ3n) is 2.89. The van der Waals surface area contributed by atoms with Crippen LogP contribution in [0, 0.1) is 0 Å². The van der Waals surface area contributed by atoms with Crippen molar-refractivity contribution >= 4 is 6.03 Å². The molecular formula is C13H20N6O. The van der Waals surface area contributed by atoms with Gasteiger partial charge in [0.05, 0.1) is 23.8 Å². The number of hydrogen-bond donors (Lipinski definition) is 0. The molecule has 2 rings (SSSR count). The minimum atomic E-state index is -0.379. The molecule has 7 heteroatoms. The summed E-state index contributed by atoms with van der Waals surface area (Å²) in [5.41, 5.74) is 1.16. The van der Waals surface area contributed by atoms with Crippen LogP contribution >= 0.6 is 0 Å². The Kier molecular flexibility index (Phi) is 3.23. The largest absolute Gasteiger partial charge is 0.372 e. The fraction of sp³-hybridized carbons (Fsp3) is 0.615. The number of aromatic nitrogens is 6. The van der Waals surface area contributed by atoms with E-state index in [4.69, 9.17) is 0 Å². The first-order chi connectivity index (χ1) is 9.12. The summed E-state index contributed by atoms with van der Waals surface area (Å²) in [7, 11) is 0. The minimum absolute atomic E-state index is 0.191. The highest BCUT2D eigenvalue weighted by Crippen LogP contribution is 2.32. The van der Waals surface area contributed by atoms with Crippen molar-refractivity contribution in [1.82, 2.24) is 30.0 Å². The van der Waals surface area contributed by atoms with Gasteiger partial charge in [-0.3, -0.25) is 0 Å². The maximum Gasteiger partial charge on any atom is 0.372 e. The highest BCUT2D eigenvalue weighted by molar-refractivity contribution is 5.78. The Morgan fingerprint density at radius 3 is 2.15 bits per heavy atom. The summed E-state index contributed by atoms with van der Waals surface area (Å²) in [6.07, 6.45) is 2.95. The molecule has 0 spiro atoms. The fourth-order valence-electron chi connectivity index (χ4n) is 2.00. The van der Waals surface area contributed by atoms with Gasteiger partial charge in [-0.25, -0.2) is 4.79 Å². The van der Waals surface area contributed by atoms with Crippen molar-refractivity contribution in [2.24, 2.45) is 0 Å². The first-order valence-corrected chi connectivity index (χ1v) is 6.50. The SMILES string of the molecule is CC(C)(C)c1nnn(C(=O)n2ccnn2)c1C(C)(C)C. The summed E-state index contributed by atoms with van der Waals surface area (Å²) in [5.74, 6) is 0.